The van der Waals surface area contributed by atoms with Crippen LogP contribution in [-0.2, 0) is 23.8 Å². The topological polar surface area (TPSA) is 175 Å². The van der Waals surface area contributed by atoms with Gasteiger partial charge in [-0.1, -0.05) is 268 Å². The first-order valence-electron chi connectivity index (χ1n) is 33.4. The van der Waals surface area contributed by atoms with Gasteiger partial charge >= 0.3 is 5.97 Å². The molecule has 0 bridgehead atoms. The van der Waals surface area contributed by atoms with Crippen molar-refractivity contribution in [2.24, 2.45) is 0 Å². The van der Waals surface area contributed by atoms with Crippen molar-refractivity contribution in [2.45, 2.75) is 359 Å². The molecule has 1 aliphatic rings. The molecule has 1 heterocycles. The van der Waals surface area contributed by atoms with E-state index in [9.17, 15) is 35.1 Å². The first-order valence-corrected chi connectivity index (χ1v) is 33.4. The molecule has 79 heavy (non-hydrogen) atoms. The third-order valence-electron chi connectivity index (χ3n) is 15.7. The molecule has 1 saturated heterocycles. The van der Waals surface area contributed by atoms with E-state index in [-0.39, 0.29) is 19.4 Å². The van der Waals surface area contributed by atoms with Crippen LogP contribution in [0.5, 0.6) is 0 Å². The zero-order valence-corrected chi connectivity index (χ0v) is 51.2. The molecule has 0 spiro atoms. The Balaban J connectivity index is 2.65. The lowest BCUT2D eigenvalue weighted by Crippen LogP contribution is -2.61. The second kappa shape index (κ2) is 56.1. The van der Waals surface area contributed by atoms with Crippen molar-refractivity contribution in [3.05, 3.63) is 48.6 Å². The fraction of sp³-hybridized carbons (Fsp3) is 0.853. The summed E-state index contributed by atoms with van der Waals surface area (Å²) in [6.07, 6.45) is 58.5. The van der Waals surface area contributed by atoms with E-state index < -0.39 is 67.4 Å². The minimum atomic E-state index is -1.62. The first kappa shape index (κ1) is 74.6. The second-order valence-electron chi connectivity index (χ2n) is 23.2. The Kier molecular flexibility index (Phi) is 53.0. The number of esters is 1. The van der Waals surface area contributed by atoms with Crippen LogP contribution in [0.3, 0.4) is 0 Å². The summed E-state index contributed by atoms with van der Waals surface area (Å²) in [4.78, 5) is 26.6. The van der Waals surface area contributed by atoms with Crippen molar-refractivity contribution in [1.29, 1.82) is 0 Å². The fourth-order valence-electron chi connectivity index (χ4n) is 10.4. The van der Waals surface area contributed by atoms with Crippen molar-refractivity contribution in [2.75, 3.05) is 13.2 Å². The molecule has 11 nitrogen and oxygen atoms in total. The van der Waals surface area contributed by atoms with Crippen LogP contribution >= 0.6 is 0 Å². The molecule has 1 rings (SSSR count). The molecule has 8 unspecified atom stereocenters. The Hall–Kier alpha value is -2.38. The Morgan fingerprint density at radius 3 is 1.33 bits per heavy atom. The van der Waals surface area contributed by atoms with Gasteiger partial charge in [-0.05, 0) is 83.5 Å². The second-order valence-corrected chi connectivity index (χ2v) is 23.2. The minimum absolute atomic E-state index is 0.119. The lowest BCUT2D eigenvalue weighted by atomic mass is 9.99. The average Bonchev–Trinajstić information content (AvgIpc) is 3.49. The molecular weight excluding hydrogens is 991 g/mol. The highest BCUT2D eigenvalue weighted by molar-refractivity contribution is 5.80. The number of allylic oxidation sites excluding steroid dienone is 7. The molecule has 0 saturated carbocycles. The number of aliphatic hydroxyl groups excluding tert-OH is 5. The van der Waals surface area contributed by atoms with Crippen LogP contribution in [0.25, 0.3) is 0 Å². The van der Waals surface area contributed by atoms with Gasteiger partial charge in [-0.25, -0.2) is 0 Å². The fourth-order valence-corrected chi connectivity index (χ4v) is 10.4. The van der Waals surface area contributed by atoms with Gasteiger partial charge in [0.25, 0.3) is 0 Å². The van der Waals surface area contributed by atoms with E-state index in [0.717, 1.165) is 77.0 Å². The molecule has 1 amide bonds. The molecule has 8 atom stereocenters. The van der Waals surface area contributed by atoms with E-state index >= 15 is 0 Å². The van der Waals surface area contributed by atoms with E-state index in [0.29, 0.717) is 12.8 Å². The van der Waals surface area contributed by atoms with Crippen molar-refractivity contribution in [3.63, 3.8) is 0 Å². The normalized spacial score (nSPS) is 19.1. The minimum Gasteiger partial charge on any atom is -0.454 e. The lowest BCUT2D eigenvalue weighted by Gasteiger charge is -2.41. The van der Waals surface area contributed by atoms with Gasteiger partial charge in [-0.3, -0.25) is 9.59 Å². The lowest BCUT2D eigenvalue weighted by molar-refractivity contribution is -0.305. The number of nitrogens with one attached hydrogen (secondary N) is 1. The van der Waals surface area contributed by atoms with Gasteiger partial charge in [0.1, 0.15) is 24.4 Å². The number of carbonyl (C=O) groups is 2. The molecule has 6 N–H and O–H groups in total. The quantitative estimate of drug-likeness (QED) is 0.0195. The molecule has 0 radical (unpaired) electrons. The van der Waals surface area contributed by atoms with Crippen LogP contribution in [0.1, 0.15) is 310 Å². The van der Waals surface area contributed by atoms with Gasteiger partial charge in [-0.2, -0.15) is 0 Å². The van der Waals surface area contributed by atoms with Gasteiger partial charge in [0.05, 0.1) is 25.4 Å². The maximum absolute atomic E-state index is 13.5. The average molecular weight is 1120 g/mol. The Morgan fingerprint density at radius 2 is 0.873 bits per heavy atom. The molecule has 11 heteroatoms. The van der Waals surface area contributed by atoms with E-state index in [1.54, 1.807) is 6.08 Å². The van der Waals surface area contributed by atoms with Crippen LogP contribution < -0.4 is 5.32 Å². The van der Waals surface area contributed by atoms with Gasteiger partial charge < -0.3 is 45.1 Å². The number of hydrogen-bond acceptors (Lipinski definition) is 10. The van der Waals surface area contributed by atoms with Crippen LogP contribution in [0.15, 0.2) is 48.6 Å². The van der Waals surface area contributed by atoms with Crippen LogP contribution in [0, 0.1) is 0 Å². The monoisotopic (exact) mass is 1120 g/mol. The largest absolute Gasteiger partial charge is 0.454 e. The van der Waals surface area contributed by atoms with Crippen molar-refractivity contribution in [1.82, 2.24) is 5.32 Å². The molecule has 0 aliphatic carbocycles. The van der Waals surface area contributed by atoms with Crippen molar-refractivity contribution in [3.8, 4) is 0 Å². The summed E-state index contributed by atoms with van der Waals surface area (Å²) in [5, 5.41) is 57.1. The van der Waals surface area contributed by atoms with Gasteiger partial charge in [0.15, 0.2) is 12.4 Å². The molecule has 1 fully saturated rings. The third-order valence-corrected chi connectivity index (χ3v) is 15.7. The SMILES string of the molecule is CCCCC/C=C\C/C=C\CCCCCCCCCCCC(=O)OC1C(OCC(NC(=O)C(O)CCCCCCCCCC/C=C/CCCCCCCC)C(O)/C=C/CCCCCCCCCCCCC)OC(CO)C(O)C1O. The predicted octanol–water partition coefficient (Wildman–Crippen LogP) is 16.4. The maximum Gasteiger partial charge on any atom is 0.306 e. The number of carbonyl (C=O) groups excluding carboxylic acids is 2. The summed E-state index contributed by atoms with van der Waals surface area (Å²) < 4.78 is 17.7. The number of aliphatic hydroxyl groups is 5. The summed E-state index contributed by atoms with van der Waals surface area (Å²) in [6, 6.07) is -1.03. The van der Waals surface area contributed by atoms with Crippen LogP contribution in [0.4, 0.5) is 0 Å². The Labute approximate surface area is 485 Å². The Bertz CT molecular complexity index is 1470. The first-order chi connectivity index (χ1) is 38.7. The van der Waals surface area contributed by atoms with E-state index in [1.807, 2.05) is 6.08 Å². The predicted molar refractivity (Wildman–Crippen MR) is 329 cm³/mol. The van der Waals surface area contributed by atoms with Crippen molar-refractivity contribution < 1.29 is 49.3 Å². The maximum atomic E-state index is 13.5. The van der Waals surface area contributed by atoms with Crippen LogP contribution in [-0.4, -0.2) is 99.6 Å². The highest BCUT2D eigenvalue weighted by Gasteiger charge is 2.47. The number of ether oxygens (including phenoxy) is 3. The van der Waals surface area contributed by atoms with E-state index in [4.69, 9.17) is 14.2 Å². The molecule has 462 valence electrons. The molecule has 1 aliphatic heterocycles. The number of hydrogen-bond donors (Lipinski definition) is 6. The van der Waals surface area contributed by atoms with Crippen LogP contribution in [0.2, 0.25) is 0 Å². The standard InChI is InChI=1S/C68H125NO10/c1-4-7-10-13-16-19-22-25-27-29-31-33-35-38-41-44-47-50-53-56-63(73)79-66-65(75)64(74)62(57-70)78-68(66)77-58-59(60(71)54-51-48-45-42-39-36-24-21-18-15-12-9-6-3)69-67(76)61(72)55-52-49-46-43-40-37-34-32-30-28-26-23-20-17-14-11-8-5-2/h16,19,25-28,51,54,59-62,64-66,68,70-72,74-75H,4-15,17-18,20-24,29-50,52-53,55-58H2,1-3H3,(H,69,76)/b19-16-,27-25-,28-26+,54-51+. The summed E-state index contributed by atoms with van der Waals surface area (Å²) in [6.45, 7) is 5.79. The molecule has 0 aromatic carbocycles. The summed E-state index contributed by atoms with van der Waals surface area (Å²) in [5.74, 6) is -1.19. The van der Waals surface area contributed by atoms with E-state index in [1.165, 1.54) is 186 Å². The third kappa shape index (κ3) is 43.9. The van der Waals surface area contributed by atoms with Gasteiger partial charge in [0.2, 0.25) is 5.91 Å². The molecule has 0 aromatic rings. The number of amides is 1. The molecule has 0 aromatic heterocycles. The van der Waals surface area contributed by atoms with Gasteiger partial charge in [-0.15, -0.1) is 0 Å². The summed E-state index contributed by atoms with van der Waals surface area (Å²) >= 11 is 0. The smallest absolute Gasteiger partial charge is 0.306 e. The zero-order chi connectivity index (χ0) is 57.5. The van der Waals surface area contributed by atoms with Gasteiger partial charge in [0, 0.05) is 6.42 Å². The molecular formula is C68H125NO10. The van der Waals surface area contributed by atoms with Crippen molar-refractivity contribution >= 4 is 11.9 Å². The van der Waals surface area contributed by atoms with E-state index in [2.05, 4.69) is 62.5 Å². The highest BCUT2D eigenvalue weighted by Crippen LogP contribution is 2.26. The zero-order valence-electron chi connectivity index (χ0n) is 51.2. The highest BCUT2D eigenvalue weighted by atomic mass is 16.7. The number of rotatable bonds is 57. The Morgan fingerprint density at radius 1 is 0.494 bits per heavy atom. The summed E-state index contributed by atoms with van der Waals surface area (Å²) in [5.41, 5.74) is 0. The summed E-state index contributed by atoms with van der Waals surface area (Å²) in [7, 11) is 0. The number of unbranched alkanes of at least 4 members (excludes halogenated alkanes) is 37.